The van der Waals surface area contributed by atoms with E-state index in [0.29, 0.717) is 12.5 Å². The molecule has 0 saturated carbocycles. The smallest absolute Gasteiger partial charge is 0.234 e. The van der Waals surface area contributed by atoms with Crippen LogP contribution in [0.4, 0.5) is 0 Å². The van der Waals surface area contributed by atoms with Gasteiger partial charge in [-0.2, -0.15) is 9.61 Å². The molecule has 0 fully saturated rings. The number of fused-ring (bicyclic) bond motifs is 1. The lowest BCUT2D eigenvalue weighted by Crippen LogP contribution is -2.11. The minimum atomic E-state index is 0.353. The largest absolute Gasteiger partial charge is 0.330 e. The molecule has 0 saturated heterocycles. The summed E-state index contributed by atoms with van der Waals surface area (Å²) in [5.74, 6) is 0.353. The third-order valence-corrected chi connectivity index (χ3v) is 3.10. The van der Waals surface area contributed by atoms with Gasteiger partial charge < -0.3 is 5.73 Å². The first-order valence-electron chi connectivity index (χ1n) is 4.22. The molecule has 0 aliphatic carbocycles. The molecule has 1 unspecified atom stereocenters. The van der Waals surface area contributed by atoms with Crippen molar-refractivity contribution < 1.29 is 0 Å². The summed E-state index contributed by atoms with van der Waals surface area (Å²) in [5.41, 5.74) is 5.63. The fourth-order valence-electron chi connectivity index (χ4n) is 1.18. The third kappa shape index (κ3) is 1.42. The standard InChI is InChI=1S/C7H11N5S/c1-2-5(3-8)6-11-12-4-9-10-7(12)13-6/h4-5H,2-3,8H2,1H3. The molecular weight excluding hydrogens is 186 g/mol. The molecule has 5 nitrogen and oxygen atoms in total. The Morgan fingerprint density at radius 3 is 3.15 bits per heavy atom. The molecule has 6 heteroatoms. The Morgan fingerprint density at radius 2 is 2.54 bits per heavy atom. The van der Waals surface area contributed by atoms with Gasteiger partial charge in [-0.1, -0.05) is 18.3 Å². The number of nitrogens with two attached hydrogens (primary N) is 1. The maximum atomic E-state index is 5.63. The van der Waals surface area contributed by atoms with E-state index in [2.05, 4.69) is 22.2 Å². The van der Waals surface area contributed by atoms with Gasteiger partial charge in [0, 0.05) is 12.5 Å². The summed E-state index contributed by atoms with van der Waals surface area (Å²) in [6.45, 7) is 2.75. The van der Waals surface area contributed by atoms with Gasteiger partial charge in [-0.15, -0.1) is 10.2 Å². The maximum absolute atomic E-state index is 5.63. The van der Waals surface area contributed by atoms with E-state index < -0.39 is 0 Å². The predicted octanol–water partition coefficient (Wildman–Crippen LogP) is 0.638. The van der Waals surface area contributed by atoms with E-state index >= 15 is 0 Å². The molecule has 0 aliphatic heterocycles. The van der Waals surface area contributed by atoms with Gasteiger partial charge in [-0.25, -0.2) is 0 Å². The molecule has 2 N–H and O–H groups in total. The quantitative estimate of drug-likeness (QED) is 0.784. The van der Waals surface area contributed by atoms with Crippen LogP contribution >= 0.6 is 11.3 Å². The number of aromatic nitrogens is 4. The molecule has 13 heavy (non-hydrogen) atoms. The first-order chi connectivity index (χ1) is 6.35. The number of nitrogens with zero attached hydrogens (tertiary/aromatic N) is 4. The first-order valence-corrected chi connectivity index (χ1v) is 5.03. The highest BCUT2D eigenvalue weighted by atomic mass is 32.1. The average Bonchev–Trinajstić information content (AvgIpc) is 2.65. The Morgan fingerprint density at radius 1 is 1.69 bits per heavy atom. The average molecular weight is 197 g/mol. The monoisotopic (exact) mass is 197 g/mol. The van der Waals surface area contributed by atoms with Crippen molar-refractivity contribution in [2.45, 2.75) is 19.3 Å². The van der Waals surface area contributed by atoms with E-state index in [1.165, 1.54) is 0 Å². The van der Waals surface area contributed by atoms with Gasteiger partial charge in [0.25, 0.3) is 0 Å². The predicted molar refractivity (Wildman–Crippen MR) is 50.7 cm³/mol. The lowest BCUT2D eigenvalue weighted by molar-refractivity contribution is 0.655. The van der Waals surface area contributed by atoms with Crippen molar-refractivity contribution in [2.24, 2.45) is 5.73 Å². The maximum Gasteiger partial charge on any atom is 0.234 e. The zero-order chi connectivity index (χ0) is 9.26. The zero-order valence-electron chi connectivity index (χ0n) is 7.34. The summed E-state index contributed by atoms with van der Waals surface area (Å²) in [5, 5.41) is 13.1. The Balaban J connectivity index is 2.37. The van der Waals surface area contributed by atoms with Crippen LogP contribution in [0.25, 0.3) is 4.96 Å². The lowest BCUT2D eigenvalue weighted by Gasteiger charge is -2.05. The number of hydrogen-bond donors (Lipinski definition) is 1. The summed E-state index contributed by atoms with van der Waals surface area (Å²) in [6.07, 6.45) is 2.62. The topological polar surface area (TPSA) is 69.1 Å². The van der Waals surface area contributed by atoms with Crippen LogP contribution in [-0.2, 0) is 0 Å². The van der Waals surface area contributed by atoms with Gasteiger partial charge in [0.1, 0.15) is 11.3 Å². The van der Waals surface area contributed by atoms with Crippen molar-refractivity contribution in [1.29, 1.82) is 0 Å². The molecule has 2 aromatic rings. The molecule has 0 bridgehead atoms. The SMILES string of the molecule is CCC(CN)c1nn2cnnc2s1. The van der Waals surface area contributed by atoms with Gasteiger partial charge in [0.2, 0.25) is 4.96 Å². The van der Waals surface area contributed by atoms with Crippen LogP contribution in [0.15, 0.2) is 6.33 Å². The molecule has 0 amide bonds. The minimum Gasteiger partial charge on any atom is -0.330 e. The van der Waals surface area contributed by atoms with Gasteiger partial charge in [-0.05, 0) is 6.42 Å². The van der Waals surface area contributed by atoms with E-state index in [4.69, 9.17) is 5.73 Å². The van der Waals surface area contributed by atoms with E-state index in [1.807, 2.05) is 0 Å². The summed E-state index contributed by atoms with van der Waals surface area (Å²) >= 11 is 1.56. The highest BCUT2D eigenvalue weighted by Crippen LogP contribution is 2.22. The first kappa shape index (κ1) is 8.58. The summed E-state index contributed by atoms with van der Waals surface area (Å²) in [7, 11) is 0. The summed E-state index contributed by atoms with van der Waals surface area (Å²) in [4.78, 5) is 0.835. The Kier molecular flexibility index (Phi) is 2.24. The van der Waals surface area contributed by atoms with Crippen molar-refractivity contribution in [3.05, 3.63) is 11.3 Å². The van der Waals surface area contributed by atoms with Crippen molar-refractivity contribution >= 4 is 16.3 Å². The molecule has 1 atom stereocenters. The van der Waals surface area contributed by atoms with E-state index in [1.54, 1.807) is 22.2 Å². The van der Waals surface area contributed by atoms with Crippen LogP contribution in [0.3, 0.4) is 0 Å². The molecule has 2 rings (SSSR count). The molecule has 70 valence electrons. The zero-order valence-corrected chi connectivity index (χ0v) is 8.16. The lowest BCUT2D eigenvalue weighted by atomic mass is 10.1. The minimum absolute atomic E-state index is 0.353. The third-order valence-electron chi connectivity index (χ3n) is 2.03. The highest BCUT2D eigenvalue weighted by molar-refractivity contribution is 7.16. The van der Waals surface area contributed by atoms with E-state index in [9.17, 15) is 0 Å². The fourth-order valence-corrected chi connectivity index (χ4v) is 2.20. The van der Waals surface area contributed by atoms with Crippen LogP contribution in [0.1, 0.15) is 24.3 Å². The van der Waals surface area contributed by atoms with Crippen LogP contribution in [0.2, 0.25) is 0 Å². The summed E-state index contributed by atoms with van der Waals surface area (Å²) in [6, 6.07) is 0. The van der Waals surface area contributed by atoms with Gasteiger partial charge in [-0.3, -0.25) is 0 Å². The number of hydrogen-bond acceptors (Lipinski definition) is 5. The molecule has 0 aromatic carbocycles. The van der Waals surface area contributed by atoms with Crippen LogP contribution in [-0.4, -0.2) is 26.4 Å². The van der Waals surface area contributed by atoms with Crippen molar-refractivity contribution in [3.8, 4) is 0 Å². The van der Waals surface area contributed by atoms with E-state index in [-0.39, 0.29) is 0 Å². The Bertz CT molecular complexity index is 360. The highest BCUT2D eigenvalue weighted by Gasteiger charge is 2.13. The van der Waals surface area contributed by atoms with Crippen LogP contribution in [0, 0.1) is 0 Å². The molecule has 0 spiro atoms. The van der Waals surface area contributed by atoms with Crippen molar-refractivity contribution in [1.82, 2.24) is 19.8 Å². The number of rotatable bonds is 3. The van der Waals surface area contributed by atoms with E-state index in [0.717, 1.165) is 16.4 Å². The molecule has 2 aromatic heterocycles. The van der Waals surface area contributed by atoms with Crippen LogP contribution in [0.5, 0.6) is 0 Å². The van der Waals surface area contributed by atoms with Gasteiger partial charge in [0.15, 0.2) is 0 Å². The molecular formula is C7H11N5S. The van der Waals surface area contributed by atoms with Crippen molar-refractivity contribution in [3.63, 3.8) is 0 Å². The Labute approximate surface area is 79.6 Å². The Hall–Kier alpha value is -1.01. The molecule has 0 aliphatic rings. The van der Waals surface area contributed by atoms with Gasteiger partial charge in [0.05, 0.1) is 0 Å². The summed E-state index contributed by atoms with van der Waals surface area (Å²) < 4.78 is 1.69. The van der Waals surface area contributed by atoms with Gasteiger partial charge >= 0.3 is 0 Å². The second-order valence-corrected chi connectivity index (χ2v) is 3.83. The molecule has 0 radical (unpaired) electrons. The second kappa shape index (κ2) is 3.39. The second-order valence-electron chi connectivity index (χ2n) is 2.84. The normalized spacial score (nSPS) is 13.7. The van der Waals surface area contributed by atoms with Crippen LogP contribution < -0.4 is 5.73 Å². The van der Waals surface area contributed by atoms with Crippen molar-refractivity contribution in [2.75, 3.05) is 6.54 Å². The molecule has 2 heterocycles. The fraction of sp³-hybridized carbons (Fsp3) is 0.571.